The molecule has 0 radical (unpaired) electrons. The lowest BCUT2D eigenvalue weighted by atomic mass is 10.1. The summed E-state index contributed by atoms with van der Waals surface area (Å²) in [7, 11) is 0. The van der Waals surface area contributed by atoms with Crippen LogP contribution < -0.4 is 11.3 Å². The fraction of sp³-hybridized carbons (Fsp3) is 0.167. The van der Waals surface area contributed by atoms with Crippen molar-refractivity contribution in [3.8, 4) is 0 Å². The molecule has 1 atom stereocenters. The van der Waals surface area contributed by atoms with Crippen molar-refractivity contribution in [3.05, 3.63) is 46.5 Å². The Morgan fingerprint density at radius 1 is 1.35 bits per heavy atom. The van der Waals surface area contributed by atoms with Crippen LogP contribution in [0.2, 0.25) is 0 Å². The van der Waals surface area contributed by atoms with E-state index in [0.29, 0.717) is 0 Å². The van der Waals surface area contributed by atoms with Gasteiger partial charge in [-0.3, -0.25) is 11.3 Å². The average Bonchev–Trinajstić information content (AvgIpc) is 3.01. The lowest BCUT2D eigenvalue weighted by Crippen LogP contribution is -2.28. The third-order valence-electron chi connectivity index (χ3n) is 2.72. The van der Waals surface area contributed by atoms with Crippen molar-refractivity contribution in [3.63, 3.8) is 0 Å². The average molecular weight is 264 g/mol. The van der Waals surface area contributed by atoms with Crippen molar-refractivity contribution >= 4 is 32.1 Å². The van der Waals surface area contributed by atoms with E-state index < -0.39 is 0 Å². The quantitative estimate of drug-likeness (QED) is 0.561. The van der Waals surface area contributed by atoms with Crippen LogP contribution in [0, 0.1) is 0 Å². The SMILES string of the molecule is NNC(Cc1ccoc1)c1cc2sccc2s1. The molecule has 3 N–H and O–H groups in total. The monoisotopic (exact) mass is 264 g/mol. The second-order valence-electron chi connectivity index (χ2n) is 3.85. The lowest BCUT2D eigenvalue weighted by Gasteiger charge is -2.12. The van der Waals surface area contributed by atoms with E-state index in [1.807, 2.05) is 6.07 Å². The zero-order valence-electron chi connectivity index (χ0n) is 9.05. The van der Waals surface area contributed by atoms with Crippen molar-refractivity contribution in [2.24, 2.45) is 5.84 Å². The zero-order valence-corrected chi connectivity index (χ0v) is 10.7. The maximum atomic E-state index is 5.64. The summed E-state index contributed by atoms with van der Waals surface area (Å²) in [4.78, 5) is 1.27. The molecule has 0 saturated heterocycles. The molecule has 3 rings (SSSR count). The van der Waals surface area contributed by atoms with Crippen LogP contribution in [0.5, 0.6) is 0 Å². The summed E-state index contributed by atoms with van der Waals surface area (Å²) in [6.45, 7) is 0. The number of rotatable bonds is 4. The zero-order chi connectivity index (χ0) is 11.7. The molecule has 3 aromatic rings. The van der Waals surface area contributed by atoms with Crippen LogP contribution in [0.4, 0.5) is 0 Å². The maximum Gasteiger partial charge on any atom is 0.0935 e. The second kappa shape index (κ2) is 4.62. The predicted octanol–water partition coefficient (Wildman–Crippen LogP) is 3.30. The Morgan fingerprint density at radius 3 is 3.00 bits per heavy atom. The summed E-state index contributed by atoms with van der Waals surface area (Å²) < 4.78 is 7.74. The molecule has 0 aliphatic heterocycles. The number of hydrazine groups is 1. The molecule has 0 bridgehead atoms. The number of furan rings is 1. The fourth-order valence-electron chi connectivity index (χ4n) is 1.84. The molecule has 0 aliphatic rings. The van der Waals surface area contributed by atoms with Gasteiger partial charge < -0.3 is 4.42 Å². The minimum Gasteiger partial charge on any atom is -0.472 e. The van der Waals surface area contributed by atoms with E-state index in [4.69, 9.17) is 10.3 Å². The van der Waals surface area contributed by atoms with E-state index in [9.17, 15) is 0 Å². The van der Waals surface area contributed by atoms with E-state index in [1.54, 1.807) is 35.2 Å². The number of hydrogen-bond acceptors (Lipinski definition) is 5. The molecular weight excluding hydrogens is 252 g/mol. The molecule has 3 nitrogen and oxygen atoms in total. The third-order valence-corrected chi connectivity index (χ3v) is 4.93. The molecule has 3 heterocycles. The lowest BCUT2D eigenvalue weighted by molar-refractivity contribution is 0.541. The Kier molecular flexibility index (Phi) is 2.98. The summed E-state index contributed by atoms with van der Waals surface area (Å²) in [6, 6.07) is 6.49. The van der Waals surface area contributed by atoms with Crippen molar-refractivity contribution in [2.45, 2.75) is 12.5 Å². The van der Waals surface area contributed by atoms with Gasteiger partial charge in [0.15, 0.2) is 0 Å². The molecule has 0 amide bonds. The molecule has 0 spiro atoms. The number of fused-ring (bicyclic) bond motifs is 1. The first-order valence-corrected chi connectivity index (χ1v) is 7.00. The van der Waals surface area contributed by atoms with Gasteiger partial charge in [0.2, 0.25) is 0 Å². The number of hydrogen-bond donors (Lipinski definition) is 2. The highest BCUT2D eigenvalue weighted by atomic mass is 32.1. The van der Waals surface area contributed by atoms with Gasteiger partial charge in [0.25, 0.3) is 0 Å². The van der Waals surface area contributed by atoms with Crippen molar-refractivity contribution < 1.29 is 4.42 Å². The van der Waals surface area contributed by atoms with Crippen LogP contribution >= 0.6 is 22.7 Å². The third kappa shape index (κ3) is 2.14. The first-order valence-electron chi connectivity index (χ1n) is 5.31. The van der Waals surface area contributed by atoms with Crippen LogP contribution in [0.25, 0.3) is 9.40 Å². The fourth-order valence-corrected chi connectivity index (χ4v) is 4.02. The first kappa shape index (κ1) is 11.0. The van der Waals surface area contributed by atoms with Gasteiger partial charge in [-0.2, -0.15) is 0 Å². The minimum atomic E-state index is 0.150. The van der Waals surface area contributed by atoms with Crippen LogP contribution in [0.1, 0.15) is 16.5 Å². The Balaban J connectivity index is 1.87. The Morgan fingerprint density at radius 2 is 2.29 bits per heavy atom. The standard InChI is InChI=1S/C12H12N2OS2/c13-14-9(5-8-1-3-15-7-8)11-6-12-10(17-11)2-4-16-12/h1-4,6-7,9,14H,5,13H2. The van der Waals surface area contributed by atoms with E-state index in [0.717, 1.165) is 12.0 Å². The highest BCUT2D eigenvalue weighted by molar-refractivity contribution is 7.26. The highest BCUT2D eigenvalue weighted by Gasteiger charge is 2.14. The Labute approximate surface area is 107 Å². The Bertz CT molecular complexity index is 568. The van der Waals surface area contributed by atoms with Crippen LogP contribution in [0.3, 0.4) is 0 Å². The predicted molar refractivity (Wildman–Crippen MR) is 72.2 cm³/mol. The van der Waals surface area contributed by atoms with Gasteiger partial charge in [-0.05, 0) is 35.6 Å². The van der Waals surface area contributed by atoms with Crippen molar-refractivity contribution in [1.29, 1.82) is 0 Å². The highest BCUT2D eigenvalue weighted by Crippen LogP contribution is 2.34. The molecule has 1 unspecified atom stereocenters. The van der Waals surface area contributed by atoms with Crippen LogP contribution in [0.15, 0.2) is 40.5 Å². The van der Waals surface area contributed by atoms with Gasteiger partial charge in [-0.1, -0.05) is 0 Å². The minimum absolute atomic E-state index is 0.150. The Hall–Kier alpha value is -1.14. The first-order chi connectivity index (χ1) is 8.36. The summed E-state index contributed by atoms with van der Waals surface area (Å²) in [5, 5.41) is 2.12. The van der Waals surface area contributed by atoms with Gasteiger partial charge in [-0.25, -0.2) is 0 Å². The molecule has 88 valence electrons. The molecule has 0 aliphatic carbocycles. The normalized spacial score (nSPS) is 13.2. The number of nitrogens with one attached hydrogen (secondary N) is 1. The molecule has 5 heteroatoms. The number of thiophene rings is 2. The maximum absolute atomic E-state index is 5.64. The van der Waals surface area contributed by atoms with Crippen LogP contribution in [-0.4, -0.2) is 0 Å². The van der Waals surface area contributed by atoms with Crippen molar-refractivity contribution in [2.75, 3.05) is 0 Å². The summed E-state index contributed by atoms with van der Waals surface area (Å²) in [5.74, 6) is 5.64. The second-order valence-corrected chi connectivity index (χ2v) is 5.92. The smallest absolute Gasteiger partial charge is 0.0935 e. The van der Waals surface area contributed by atoms with Gasteiger partial charge in [0.1, 0.15) is 0 Å². The molecule has 0 fully saturated rings. The molecule has 17 heavy (non-hydrogen) atoms. The molecule has 0 saturated carbocycles. The van der Waals surface area contributed by atoms with Gasteiger partial charge in [0, 0.05) is 14.3 Å². The summed E-state index contributed by atoms with van der Waals surface area (Å²) >= 11 is 3.56. The topological polar surface area (TPSA) is 51.2 Å². The van der Waals surface area contributed by atoms with Crippen LogP contribution in [-0.2, 0) is 6.42 Å². The van der Waals surface area contributed by atoms with Gasteiger partial charge in [0.05, 0.1) is 18.6 Å². The van der Waals surface area contributed by atoms with Gasteiger partial charge >= 0.3 is 0 Å². The van der Waals surface area contributed by atoms with E-state index >= 15 is 0 Å². The van der Waals surface area contributed by atoms with E-state index in [-0.39, 0.29) is 6.04 Å². The van der Waals surface area contributed by atoms with Gasteiger partial charge in [-0.15, -0.1) is 22.7 Å². The number of nitrogens with two attached hydrogens (primary N) is 1. The molecule has 3 aromatic heterocycles. The van der Waals surface area contributed by atoms with E-state index in [2.05, 4.69) is 22.9 Å². The molecule has 0 aromatic carbocycles. The largest absolute Gasteiger partial charge is 0.472 e. The summed E-state index contributed by atoms with van der Waals surface area (Å²) in [5.41, 5.74) is 4.04. The van der Waals surface area contributed by atoms with E-state index in [1.165, 1.54) is 14.3 Å². The molecular formula is C12H12N2OS2. The summed E-state index contributed by atoms with van der Waals surface area (Å²) in [6.07, 6.45) is 4.30. The van der Waals surface area contributed by atoms with Crippen molar-refractivity contribution in [1.82, 2.24) is 5.43 Å².